The second kappa shape index (κ2) is 4.74. The first kappa shape index (κ1) is 12.3. The molecule has 3 heterocycles. The SMILES string of the molecule is CC1CNC(=O)CCN1c1cc(Cl)c2cc[nH]c2n1. The molecule has 0 radical (unpaired) electrons. The highest BCUT2D eigenvalue weighted by molar-refractivity contribution is 6.35. The van der Waals surface area contributed by atoms with Gasteiger partial charge in [-0.15, -0.1) is 0 Å². The molecule has 1 amide bonds. The Labute approximate surface area is 116 Å². The molecule has 5 nitrogen and oxygen atoms in total. The van der Waals surface area contributed by atoms with Crippen LogP contribution in [0.1, 0.15) is 13.3 Å². The van der Waals surface area contributed by atoms with Crippen molar-refractivity contribution >= 4 is 34.4 Å². The highest BCUT2D eigenvalue weighted by Crippen LogP contribution is 2.27. The van der Waals surface area contributed by atoms with E-state index in [1.165, 1.54) is 0 Å². The number of aromatic amines is 1. The molecular weight excluding hydrogens is 264 g/mol. The second-order valence-corrected chi connectivity index (χ2v) is 5.21. The third-order valence-electron chi connectivity index (χ3n) is 3.47. The molecule has 2 aromatic rings. The Kier molecular flexibility index (Phi) is 3.06. The number of amides is 1. The van der Waals surface area contributed by atoms with Crippen molar-refractivity contribution in [1.29, 1.82) is 0 Å². The Balaban J connectivity index is 2.00. The normalized spacial score (nSPS) is 20.4. The summed E-state index contributed by atoms with van der Waals surface area (Å²) in [6.45, 7) is 3.35. The molecule has 6 heteroatoms. The number of pyridine rings is 1. The van der Waals surface area contributed by atoms with E-state index < -0.39 is 0 Å². The second-order valence-electron chi connectivity index (χ2n) is 4.80. The largest absolute Gasteiger partial charge is 0.354 e. The molecule has 2 N–H and O–H groups in total. The van der Waals surface area contributed by atoms with Crippen LogP contribution >= 0.6 is 11.6 Å². The Bertz CT molecular complexity index is 624. The van der Waals surface area contributed by atoms with Crippen molar-refractivity contribution in [3.8, 4) is 0 Å². The molecule has 0 spiro atoms. The van der Waals surface area contributed by atoms with Gasteiger partial charge in [0.15, 0.2) is 0 Å². The zero-order valence-electron chi connectivity index (χ0n) is 10.6. The number of hydrogen-bond acceptors (Lipinski definition) is 3. The fourth-order valence-electron chi connectivity index (χ4n) is 2.37. The van der Waals surface area contributed by atoms with E-state index in [0.29, 0.717) is 24.5 Å². The number of fused-ring (bicyclic) bond motifs is 1. The molecule has 1 atom stereocenters. The molecule has 0 saturated carbocycles. The van der Waals surface area contributed by atoms with E-state index >= 15 is 0 Å². The number of nitrogens with one attached hydrogen (secondary N) is 2. The Hall–Kier alpha value is -1.75. The molecule has 1 aliphatic rings. The van der Waals surface area contributed by atoms with Gasteiger partial charge in [-0.25, -0.2) is 4.98 Å². The highest BCUT2D eigenvalue weighted by atomic mass is 35.5. The first-order valence-corrected chi connectivity index (χ1v) is 6.70. The lowest BCUT2D eigenvalue weighted by Crippen LogP contribution is -2.38. The van der Waals surface area contributed by atoms with Crippen LogP contribution in [0.2, 0.25) is 5.02 Å². The lowest BCUT2D eigenvalue weighted by molar-refractivity contribution is -0.120. The smallest absolute Gasteiger partial charge is 0.221 e. The third kappa shape index (κ3) is 2.26. The van der Waals surface area contributed by atoms with Crippen LogP contribution in [0.15, 0.2) is 18.3 Å². The van der Waals surface area contributed by atoms with Crippen molar-refractivity contribution in [3.05, 3.63) is 23.4 Å². The number of hydrogen-bond donors (Lipinski definition) is 2. The monoisotopic (exact) mass is 278 g/mol. The van der Waals surface area contributed by atoms with E-state index in [-0.39, 0.29) is 11.9 Å². The maximum atomic E-state index is 11.5. The van der Waals surface area contributed by atoms with Gasteiger partial charge in [0.2, 0.25) is 5.91 Å². The number of rotatable bonds is 1. The lowest BCUT2D eigenvalue weighted by Gasteiger charge is -2.27. The summed E-state index contributed by atoms with van der Waals surface area (Å²) in [7, 11) is 0. The fraction of sp³-hybridized carbons (Fsp3) is 0.385. The molecule has 1 aliphatic heterocycles. The summed E-state index contributed by atoms with van der Waals surface area (Å²) in [6, 6.07) is 3.97. The van der Waals surface area contributed by atoms with Crippen molar-refractivity contribution in [2.45, 2.75) is 19.4 Å². The standard InChI is InChI=1S/C13H15ClN4O/c1-8-7-16-12(19)3-5-18(8)11-6-10(14)9-2-4-15-13(9)17-11/h2,4,6,8H,3,5,7H2,1H3,(H,15,17)(H,16,19). The van der Waals surface area contributed by atoms with Gasteiger partial charge in [-0.3, -0.25) is 4.79 Å². The minimum Gasteiger partial charge on any atom is -0.354 e. The number of carbonyl (C=O) groups excluding carboxylic acids is 1. The summed E-state index contributed by atoms with van der Waals surface area (Å²) >= 11 is 6.27. The first-order valence-electron chi connectivity index (χ1n) is 6.32. The first-order chi connectivity index (χ1) is 9.15. The summed E-state index contributed by atoms with van der Waals surface area (Å²) in [6.07, 6.45) is 2.30. The number of carbonyl (C=O) groups is 1. The van der Waals surface area contributed by atoms with Crippen LogP contribution in [-0.4, -0.2) is 35.0 Å². The van der Waals surface area contributed by atoms with Crippen molar-refractivity contribution in [1.82, 2.24) is 15.3 Å². The summed E-state index contributed by atoms with van der Waals surface area (Å²) < 4.78 is 0. The van der Waals surface area contributed by atoms with Gasteiger partial charge in [0.05, 0.1) is 5.02 Å². The summed E-state index contributed by atoms with van der Waals surface area (Å²) in [5, 5.41) is 4.49. The minimum absolute atomic E-state index is 0.0846. The van der Waals surface area contributed by atoms with E-state index in [9.17, 15) is 4.79 Å². The van der Waals surface area contributed by atoms with Crippen LogP contribution in [0, 0.1) is 0 Å². The molecule has 100 valence electrons. The van der Waals surface area contributed by atoms with Crippen LogP contribution in [0.3, 0.4) is 0 Å². The van der Waals surface area contributed by atoms with Crippen LogP contribution in [0.25, 0.3) is 11.0 Å². The predicted molar refractivity (Wildman–Crippen MR) is 75.5 cm³/mol. The Morgan fingerprint density at radius 3 is 3.21 bits per heavy atom. The van der Waals surface area contributed by atoms with Crippen LogP contribution in [0.5, 0.6) is 0 Å². The van der Waals surface area contributed by atoms with E-state index in [1.807, 2.05) is 18.3 Å². The average molecular weight is 279 g/mol. The zero-order valence-corrected chi connectivity index (χ0v) is 11.4. The van der Waals surface area contributed by atoms with Gasteiger partial charge in [0.1, 0.15) is 11.5 Å². The van der Waals surface area contributed by atoms with Crippen LogP contribution in [-0.2, 0) is 4.79 Å². The molecule has 0 aliphatic carbocycles. The molecule has 0 aromatic carbocycles. The topological polar surface area (TPSA) is 61.0 Å². The third-order valence-corrected chi connectivity index (χ3v) is 3.78. The van der Waals surface area contributed by atoms with Crippen molar-refractivity contribution in [2.75, 3.05) is 18.0 Å². The van der Waals surface area contributed by atoms with Gasteiger partial charge in [0.25, 0.3) is 0 Å². The highest BCUT2D eigenvalue weighted by Gasteiger charge is 2.22. The molecule has 1 saturated heterocycles. The van der Waals surface area contributed by atoms with Gasteiger partial charge in [0, 0.05) is 43.2 Å². The number of halogens is 1. The number of nitrogens with zero attached hydrogens (tertiary/aromatic N) is 2. The molecule has 1 unspecified atom stereocenters. The van der Waals surface area contributed by atoms with Crippen LogP contribution in [0.4, 0.5) is 5.82 Å². The van der Waals surface area contributed by atoms with Gasteiger partial charge < -0.3 is 15.2 Å². The number of H-pyrrole nitrogens is 1. The van der Waals surface area contributed by atoms with Crippen molar-refractivity contribution < 1.29 is 4.79 Å². The zero-order chi connectivity index (χ0) is 13.4. The molecular formula is C13H15ClN4O. The fourth-order valence-corrected chi connectivity index (χ4v) is 2.62. The summed E-state index contributed by atoms with van der Waals surface area (Å²) in [4.78, 5) is 21.2. The van der Waals surface area contributed by atoms with E-state index in [1.54, 1.807) is 0 Å². The lowest BCUT2D eigenvalue weighted by atomic mass is 10.2. The van der Waals surface area contributed by atoms with Crippen molar-refractivity contribution in [3.63, 3.8) is 0 Å². The molecule has 19 heavy (non-hydrogen) atoms. The van der Waals surface area contributed by atoms with E-state index in [2.05, 4.69) is 27.1 Å². The minimum atomic E-state index is 0.0846. The van der Waals surface area contributed by atoms with Gasteiger partial charge >= 0.3 is 0 Å². The average Bonchev–Trinajstić information content (AvgIpc) is 2.79. The van der Waals surface area contributed by atoms with E-state index in [4.69, 9.17) is 11.6 Å². The Morgan fingerprint density at radius 2 is 2.37 bits per heavy atom. The predicted octanol–water partition coefficient (Wildman–Crippen LogP) is 1.93. The quantitative estimate of drug-likeness (QED) is 0.838. The molecule has 1 fully saturated rings. The molecule has 0 bridgehead atoms. The Morgan fingerprint density at radius 1 is 1.53 bits per heavy atom. The van der Waals surface area contributed by atoms with E-state index in [0.717, 1.165) is 16.9 Å². The molecule has 3 rings (SSSR count). The van der Waals surface area contributed by atoms with Gasteiger partial charge in [-0.2, -0.15) is 0 Å². The number of anilines is 1. The van der Waals surface area contributed by atoms with Gasteiger partial charge in [-0.1, -0.05) is 11.6 Å². The summed E-state index contributed by atoms with van der Waals surface area (Å²) in [5.74, 6) is 0.894. The summed E-state index contributed by atoms with van der Waals surface area (Å²) in [5.41, 5.74) is 0.776. The number of aromatic nitrogens is 2. The maximum absolute atomic E-state index is 11.5. The van der Waals surface area contributed by atoms with Crippen molar-refractivity contribution in [2.24, 2.45) is 0 Å². The molecule has 2 aromatic heterocycles. The van der Waals surface area contributed by atoms with Gasteiger partial charge in [-0.05, 0) is 13.0 Å². The maximum Gasteiger partial charge on any atom is 0.221 e. The van der Waals surface area contributed by atoms with Crippen LogP contribution < -0.4 is 10.2 Å².